The second-order valence-electron chi connectivity index (χ2n) is 8.33. The van der Waals surface area contributed by atoms with Gasteiger partial charge < -0.3 is 4.90 Å². The molecule has 2 aromatic carbocycles. The lowest BCUT2D eigenvalue weighted by atomic mass is 9.79. The van der Waals surface area contributed by atoms with Crippen LogP contribution in [0.3, 0.4) is 0 Å². The normalized spacial score (nSPS) is 17.8. The van der Waals surface area contributed by atoms with Crippen LogP contribution in [0.4, 0.5) is 10.1 Å². The minimum absolute atomic E-state index is 0.0295. The molecule has 4 nitrogen and oxygen atoms in total. The zero-order chi connectivity index (χ0) is 22.1. The Morgan fingerprint density at radius 3 is 2.70 bits per heavy atom. The van der Waals surface area contributed by atoms with Crippen LogP contribution in [0.25, 0.3) is 0 Å². The topological polar surface area (TPSA) is 44.7 Å². The number of hydrogen-bond acceptors (Lipinski definition) is 3. The maximum atomic E-state index is 14.9. The van der Waals surface area contributed by atoms with Crippen LogP contribution in [0.15, 0.2) is 35.4 Å². The number of benzene rings is 2. The molecule has 0 fully saturated rings. The lowest BCUT2D eigenvalue weighted by molar-refractivity contribution is 0.0955. The van der Waals surface area contributed by atoms with Crippen LogP contribution in [-0.4, -0.2) is 24.2 Å². The number of rotatable bonds is 5. The second kappa shape index (κ2) is 8.94. The highest BCUT2D eigenvalue weighted by atomic mass is 35.5. The highest BCUT2D eigenvalue weighted by Crippen LogP contribution is 2.44. The van der Waals surface area contributed by atoms with Crippen LogP contribution < -0.4 is 10.3 Å². The van der Waals surface area contributed by atoms with Crippen molar-refractivity contribution in [3.63, 3.8) is 0 Å². The highest BCUT2D eigenvalue weighted by molar-refractivity contribution is 6.42. The van der Waals surface area contributed by atoms with Crippen molar-refractivity contribution < 1.29 is 9.18 Å². The zero-order valence-electron chi connectivity index (χ0n) is 17.6. The first-order chi connectivity index (χ1) is 14.1. The standard InChI is InChI=1S/C23H26Cl2FN3O/c1-5-8-29-21-11-20(26)16(9-17(21)14(2)12-23(29,3)4)13-27-28-22(30)15-6-7-18(24)19(25)10-15/h6-7,9-11,13-14H,5,8,12H2,1-4H3,(H,28,30)/b27-13-. The molecule has 1 N–H and O–H groups in total. The van der Waals surface area contributed by atoms with Gasteiger partial charge in [-0.25, -0.2) is 9.82 Å². The van der Waals surface area contributed by atoms with E-state index in [0.717, 1.165) is 30.6 Å². The van der Waals surface area contributed by atoms with E-state index in [9.17, 15) is 9.18 Å². The van der Waals surface area contributed by atoms with Crippen molar-refractivity contribution in [2.24, 2.45) is 5.10 Å². The Hall–Kier alpha value is -2.11. The molecule has 0 spiro atoms. The van der Waals surface area contributed by atoms with Crippen LogP contribution in [0, 0.1) is 5.82 Å². The predicted molar refractivity (Wildman–Crippen MR) is 123 cm³/mol. The summed E-state index contributed by atoms with van der Waals surface area (Å²) in [7, 11) is 0. The molecule has 1 aliphatic rings. The van der Waals surface area contributed by atoms with Crippen molar-refractivity contribution in [3.8, 4) is 0 Å². The Morgan fingerprint density at radius 1 is 1.30 bits per heavy atom. The fraction of sp³-hybridized carbons (Fsp3) is 0.391. The third-order valence-corrected chi connectivity index (χ3v) is 6.24. The number of carbonyl (C=O) groups is 1. The molecule has 1 atom stereocenters. The van der Waals surface area contributed by atoms with E-state index in [0.29, 0.717) is 22.1 Å². The average molecular weight is 450 g/mol. The average Bonchev–Trinajstić information content (AvgIpc) is 2.67. The van der Waals surface area contributed by atoms with Gasteiger partial charge in [0, 0.05) is 28.9 Å². The third-order valence-electron chi connectivity index (χ3n) is 5.50. The molecule has 7 heteroatoms. The molecule has 0 aliphatic carbocycles. The lowest BCUT2D eigenvalue weighted by Gasteiger charge is -2.47. The molecule has 1 aliphatic heterocycles. The highest BCUT2D eigenvalue weighted by Gasteiger charge is 2.36. The molecule has 160 valence electrons. The molecule has 0 saturated heterocycles. The van der Waals surface area contributed by atoms with Gasteiger partial charge in [0.2, 0.25) is 0 Å². The quantitative estimate of drug-likeness (QED) is 0.423. The van der Waals surface area contributed by atoms with E-state index in [1.165, 1.54) is 18.3 Å². The predicted octanol–water partition coefficient (Wildman–Crippen LogP) is 6.40. The number of hydrazone groups is 1. The van der Waals surface area contributed by atoms with Crippen molar-refractivity contribution in [2.75, 3.05) is 11.4 Å². The van der Waals surface area contributed by atoms with Crippen molar-refractivity contribution in [1.82, 2.24) is 5.43 Å². The number of amides is 1. The number of carbonyl (C=O) groups excluding carboxylic acids is 1. The monoisotopic (exact) mass is 449 g/mol. The first-order valence-corrected chi connectivity index (χ1v) is 10.8. The van der Waals surface area contributed by atoms with Gasteiger partial charge >= 0.3 is 0 Å². The lowest BCUT2D eigenvalue weighted by Crippen LogP contribution is -2.48. The Kier molecular flexibility index (Phi) is 6.73. The van der Waals surface area contributed by atoms with Gasteiger partial charge in [-0.2, -0.15) is 5.10 Å². The summed E-state index contributed by atoms with van der Waals surface area (Å²) < 4.78 is 14.9. The number of halogens is 3. The van der Waals surface area contributed by atoms with Gasteiger partial charge in [-0.15, -0.1) is 0 Å². The van der Waals surface area contributed by atoms with Crippen molar-refractivity contribution >= 4 is 41.0 Å². The molecule has 30 heavy (non-hydrogen) atoms. The minimum atomic E-state index is -0.451. The fourth-order valence-corrected chi connectivity index (χ4v) is 4.43. The summed E-state index contributed by atoms with van der Waals surface area (Å²) in [6.45, 7) is 9.57. The maximum Gasteiger partial charge on any atom is 0.271 e. The molecular weight excluding hydrogens is 424 g/mol. The molecule has 0 saturated carbocycles. The summed E-state index contributed by atoms with van der Waals surface area (Å²) in [5.74, 6) is -0.527. The molecule has 0 bridgehead atoms. The van der Waals surface area contributed by atoms with Gasteiger partial charge in [-0.1, -0.05) is 37.0 Å². The summed E-state index contributed by atoms with van der Waals surface area (Å²) in [5, 5.41) is 4.58. The Labute approximate surface area is 187 Å². The fourth-order valence-electron chi connectivity index (χ4n) is 4.13. The summed E-state index contributed by atoms with van der Waals surface area (Å²) in [4.78, 5) is 14.5. The SMILES string of the molecule is CCCN1c2cc(F)c(/C=N\NC(=O)c3ccc(Cl)c(Cl)c3)cc2C(C)CC1(C)C. The Bertz CT molecular complexity index is 991. The number of nitrogens with zero attached hydrogens (tertiary/aromatic N) is 2. The van der Waals surface area contributed by atoms with Crippen molar-refractivity contribution in [1.29, 1.82) is 0 Å². The summed E-state index contributed by atoms with van der Waals surface area (Å²) in [6, 6.07) is 7.97. The number of hydrogen-bond donors (Lipinski definition) is 1. The summed E-state index contributed by atoms with van der Waals surface area (Å²) in [6.07, 6.45) is 3.31. The van der Waals surface area contributed by atoms with E-state index in [1.54, 1.807) is 12.1 Å². The van der Waals surface area contributed by atoms with Crippen LogP contribution in [0.1, 0.15) is 67.9 Å². The van der Waals surface area contributed by atoms with Gasteiger partial charge in [0.25, 0.3) is 5.91 Å². The smallest absolute Gasteiger partial charge is 0.271 e. The van der Waals surface area contributed by atoms with E-state index in [2.05, 4.69) is 43.1 Å². The number of anilines is 1. The molecule has 0 radical (unpaired) electrons. The Balaban J connectivity index is 1.83. The van der Waals surface area contributed by atoms with E-state index >= 15 is 0 Å². The van der Waals surface area contributed by atoms with Gasteiger partial charge in [0.15, 0.2) is 0 Å². The Morgan fingerprint density at radius 2 is 2.03 bits per heavy atom. The molecule has 2 aromatic rings. The van der Waals surface area contributed by atoms with Gasteiger partial charge in [0.05, 0.1) is 16.3 Å². The third kappa shape index (κ3) is 4.62. The molecular formula is C23H26Cl2FN3O. The van der Waals surface area contributed by atoms with Gasteiger partial charge in [0.1, 0.15) is 5.82 Å². The van der Waals surface area contributed by atoms with Gasteiger partial charge in [-0.3, -0.25) is 4.79 Å². The van der Waals surface area contributed by atoms with E-state index in [1.807, 2.05) is 6.07 Å². The summed E-state index contributed by atoms with van der Waals surface area (Å²) in [5.41, 5.74) is 5.07. The number of fused-ring (bicyclic) bond motifs is 1. The van der Waals surface area contributed by atoms with Crippen LogP contribution in [-0.2, 0) is 0 Å². The van der Waals surface area contributed by atoms with Crippen LogP contribution in [0.5, 0.6) is 0 Å². The molecule has 1 amide bonds. The second-order valence-corrected chi connectivity index (χ2v) is 9.14. The van der Waals surface area contributed by atoms with E-state index < -0.39 is 5.91 Å². The first-order valence-electron chi connectivity index (χ1n) is 10.0. The minimum Gasteiger partial charge on any atom is -0.366 e. The maximum absolute atomic E-state index is 14.9. The van der Waals surface area contributed by atoms with Crippen molar-refractivity contribution in [3.05, 3.63) is 62.9 Å². The van der Waals surface area contributed by atoms with Crippen LogP contribution in [0.2, 0.25) is 10.0 Å². The first kappa shape index (κ1) is 22.6. The van der Waals surface area contributed by atoms with Crippen LogP contribution >= 0.6 is 23.2 Å². The largest absolute Gasteiger partial charge is 0.366 e. The molecule has 0 aromatic heterocycles. The van der Waals surface area contributed by atoms with E-state index in [4.69, 9.17) is 23.2 Å². The van der Waals surface area contributed by atoms with Crippen molar-refractivity contribution in [2.45, 2.75) is 52.0 Å². The summed E-state index contributed by atoms with van der Waals surface area (Å²) >= 11 is 11.8. The van der Waals surface area contributed by atoms with Gasteiger partial charge in [-0.05, 0) is 68.5 Å². The van der Waals surface area contributed by atoms with E-state index in [-0.39, 0.29) is 16.4 Å². The number of nitrogens with one attached hydrogen (secondary N) is 1. The molecule has 1 heterocycles. The molecule has 3 rings (SSSR count). The molecule has 1 unspecified atom stereocenters. The zero-order valence-corrected chi connectivity index (χ0v) is 19.1.